The lowest BCUT2D eigenvalue weighted by Gasteiger charge is -2.29. The maximum atomic E-state index is 13.0. The first-order chi connectivity index (χ1) is 11.7. The average molecular weight is 345 g/mol. The molecule has 0 aromatic heterocycles. The van der Waals surface area contributed by atoms with E-state index in [2.05, 4.69) is 0 Å². The van der Waals surface area contributed by atoms with Crippen LogP contribution in [-0.4, -0.2) is 42.0 Å². The van der Waals surface area contributed by atoms with Crippen molar-refractivity contribution in [1.29, 1.82) is 0 Å². The number of ketones is 1. The van der Waals surface area contributed by atoms with E-state index in [0.29, 0.717) is 19.6 Å². The summed E-state index contributed by atoms with van der Waals surface area (Å²) in [7, 11) is 1.61. The maximum Gasteiger partial charge on any atom is 0.290 e. The van der Waals surface area contributed by atoms with E-state index in [4.69, 9.17) is 4.74 Å². The second-order valence-electron chi connectivity index (χ2n) is 7.45. The molecule has 0 saturated carbocycles. The molecule has 0 fully saturated rings. The van der Waals surface area contributed by atoms with Crippen molar-refractivity contribution in [3.05, 3.63) is 46.7 Å². The number of rotatable bonds is 6. The average Bonchev–Trinajstić information content (AvgIpc) is 2.78. The molecule has 136 valence electrons. The van der Waals surface area contributed by atoms with Gasteiger partial charge < -0.3 is 14.7 Å². The van der Waals surface area contributed by atoms with E-state index in [9.17, 15) is 14.7 Å². The number of methoxy groups -OCH3 is 1. The van der Waals surface area contributed by atoms with Crippen molar-refractivity contribution >= 4 is 11.7 Å². The van der Waals surface area contributed by atoms with Gasteiger partial charge in [0, 0.05) is 25.7 Å². The van der Waals surface area contributed by atoms with Gasteiger partial charge in [0.15, 0.2) is 11.5 Å². The van der Waals surface area contributed by atoms with Gasteiger partial charge in [-0.2, -0.15) is 0 Å². The lowest BCUT2D eigenvalue weighted by Crippen LogP contribution is -2.34. The molecule has 0 radical (unpaired) electrons. The highest BCUT2D eigenvalue weighted by Gasteiger charge is 2.45. The molecule has 1 aliphatic heterocycles. The van der Waals surface area contributed by atoms with Gasteiger partial charge in [-0.15, -0.1) is 0 Å². The van der Waals surface area contributed by atoms with Crippen molar-refractivity contribution in [2.24, 2.45) is 5.41 Å². The molecule has 1 amide bonds. The molecule has 1 heterocycles. The van der Waals surface area contributed by atoms with Crippen molar-refractivity contribution in [1.82, 2.24) is 4.90 Å². The van der Waals surface area contributed by atoms with Gasteiger partial charge in [-0.1, -0.05) is 45.0 Å². The summed E-state index contributed by atoms with van der Waals surface area (Å²) in [5.41, 5.74) is 1.35. The smallest absolute Gasteiger partial charge is 0.290 e. The monoisotopic (exact) mass is 345 g/mol. The molecule has 25 heavy (non-hydrogen) atoms. The van der Waals surface area contributed by atoms with E-state index in [1.54, 1.807) is 32.8 Å². The first-order valence-electron chi connectivity index (χ1n) is 8.53. The molecule has 0 aliphatic carbocycles. The molecule has 2 rings (SSSR count). The lowest BCUT2D eigenvalue weighted by molar-refractivity contribution is -0.129. The van der Waals surface area contributed by atoms with Crippen LogP contribution in [0.4, 0.5) is 0 Å². The van der Waals surface area contributed by atoms with Crippen molar-refractivity contribution in [2.45, 2.75) is 40.2 Å². The van der Waals surface area contributed by atoms with E-state index in [1.165, 1.54) is 0 Å². The highest BCUT2D eigenvalue weighted by atomic mass is 16.5. The van der Waals surface area contributed by atoms with Crippen LogP contribution in [0.3, 0.4) is 0 Å². The highest BCUT2D eigenvalue weighted by Crippen LogP contribution is 2.41. The molecule has 1 aliphatic rings. The zero-order valence-electron chi connectivity index (χ0n) is 15.6. The second-order valence-corrected chi connectivity index (χ2v) is 7.45. The fraction of sp³-hybridized carbons (Fsp3) is 0.500. The van der Waals surface area contributed by atoms with Crippen molar-refractivity contribution in [3.8, 4) is 0 Å². The number of Topliss-reactive ketones (excluding diaryl/α,β-unsaturated/α-hetero) is 1. The quantitative estimate of drug-likeness (QED) is 0.803. The summed E-state index contributed by atoms with van der Waals surface area (Å²) >= 11 is 0. The van der Waals surface area contributed by atoms with E-state index in [1.807, 2.05) is 31.2 Å². The number of carbonyl (C=O) groups is 2. The van der Waals surface area contributed by atoms with E-state index < -0.39 is 23.1 Å². The zero-order chi connectivity index (χ0) is 18.8. The van der Waals surface area contributed by atoms with Crippen molar-refractivity contribution in [2.75, 3.05) is 20.3 Å². The lowest BCUT2D eigenvalue weighted by atomic mass is 9.81. The van der Waals surface area contributed by atoms with E-state index in [-0.39, 0.29) is 11.4 Å². The minimum atomic E-state index is -0.687. The predicted octanol–water partition coefficient (Wildman–Crippen LogP) is 3.34. The fourth-order valence-corrected chi connectivity index (χ4v) is 3.12. The summed E-state index contributed by atoms with van der Waals surface area (Å²) in [6.45, 7) is 8.25. The molecule has 0 spiro atoms. The van der Waals surface area contributed by atoms with Crippen LogP contribution >= 0.6 is 0 Å². The van der Waals surface area contributed by atoms with Gasteiger partial charge in [-0.05, 0) is 24.5 Å². The Morgan fingerprint density at radius 1 is 1.28 bits per heavy atom. The number of hydrogen-bond donors (Lipinski definition) is 1. The van der Waals surface area contributed by atoms with Gasteiger partial charge in [0.2, 0.25) is 0 Å². The van der Waals surface area contributed by atoms with Crippen molar-refractivity contribution < 1.29 is 19.4 Å². The molecule has 1 aromatic carbocycles. The van der Waals surface area contributed by atoms with E-state index >= 15 is 0 Å². The number of benzene rings is 1. The van der Waals surface area contributed by atoms with Crippen LogP contribution in [0.25, 0.3) is 0 Å². The van der Waals surface area contributed by atoms with Gasteiger partial charge in [-0.25, -0.2) is 0 Å². The normalized spacial score (nSPS) is 18.2. The maximum absolute atomic E-state index is 13.0. The Balaban J connectivity index is 2.53. The van der Waals surface area contributed by atoms with Crippen LogP contribution in [0.1, 0.15) is 44.4 Å². The number of nitrogens with zero attached hydrogens (tertiary/aromatic N) is 1. The molecule has 1 atom stereocenters. The van der Waals surface area contributed by atoms with Crippen LogP contribution in [0.2, 0.25) is 0 Å². The third-order valence-electron chi connectivity index (χ3n) is 4.46. The fourth-order valence-electron chi connectivity index (χ4n) is 3.12. The summed E-state index contributed by atoms with van der Waals surface area (Å²) in [5.74, 6) is -1.12. The van der Waals surface area contributed by atoms with Crippen LogP contribution in [0, 0.1) is 12.3 Å². The van der Waals surface area contributed by atoms with Crippen LogP contribution < -0.4 is 0 Å². The van der Waals surface area contributed by atoms with Crippen LogP contribution in [0.5, 0.6) is 0 Å². The molecule has 1 N–H and O–H groups in total. The number of aliphatic hydroxyl groups is 1. The number of carbonyl (C=O) groups excluding carboxylic acids is 2. The summed E-state index contributed by atoms with van der Waals surface area (Å²) in [6, 6.07) is 7.10. The summed E-state index contributed by atoms with van der Waals surface area (Å²) in [5, 5.41) is 10.5. The molecule has 5 heteroatoms. The molecule has 1 unspecified atom stereocenters. The summed E-state index contributed by atoms with van der Waals surface area (Å²) < 4.78 is 5.08. The number of aliphatic hydroxyl groups excluding tert-OH is 1. The first kappa shape index (κ1) is 19.2. The number of hydrogen-bond acceptors (Lipinski definition) is 4. The summed E-state index contributed by atoms with van der Waals surface area (Å²) in [6.07, 6.45) is 0.634. The summed E-state index contributed by atoms with van der Waals surface area (Å²) in [4.78, 5) is 27.2. The molecule has 0 saturated heterocycles. The zero-order valence-corrected chi connectivity index (χ0v) is 15.6. The van der Waals surface area contributed by atoms with Gasteiger partial charge in [0.05, 0.1) is 11.6 Å². The third kappa shape index (κ3) is 3.76. The standard InChI is InChI=1S/C20H27NO4/c1-13-9-6-7-10-14(13)16-15(18(23)20(2,3)4)17(22)19(24)21(16)11-8-12-25-5/h6-7,9-10,16,22H,8,11-12H2,1-5H3. The second kappa shape index (κ2) is 7.40. The molecule has 1 aromatic rings. The number of aryl methyl sites for hydroxylation is 1. The minimum absolute atomic E-state index is 0.198. The number of ether oxygens (including phenoxy) is 1. The number of amides is 1. The Morgan fingerprint density at radius 2 is 1.92 bits per heavy atom. The van der Waals surface area contributed by atoms with Gasteiger partial charge in [-0.3, -0.25) is 9.59 Å². The Labute approximate surface area is 149 Å². The SMILES string of the molecule is COCCCN1C(=O)C(O)=C(C(=O)C(C)(C)C)C1c1ccccc1C. The molecule has 0 bridgehead atoms. The van der Waals surface area contributed by atoms with E-state index in [0.717, 1.165) is 11.1 Å². The van der Waals surface area contributed by atoms with Crippen LogP contribution in [-0.2, 0) is 14.3 Å². The third-order valence-corrected chi connectivity index (χ3v) is 4.46. The molecular formula is C20H27NO4. The van der Waals surface area contributed by atoms with Crippen LogP contribution in [0.15, 0.2) is 35.6 Å². The molecule has 5 nitrogen and oxygen atoms in total. The topological polar surface area (TPSA) is 66.8 Å². The first-order valence-corrected chi connectivity index (χ1v) is 8.53. The van der Waals surface area contributed by atoms with Gasteiger partial charge in [0.1, 0.15) is 0 Å². The van der Waals surface area contributed by atoms with Gasteiger partial charge in [0.25, 0.3) is 5.91 Å². The Kier molecular flexibility index (Phi) is 5.68. The Morgan fingerprint density at radius 3 is 2.48 bits per heavy atom. The highest BCUT2D eigenvalue weighted by molar-refractivity contribution is 6.10. The molecular weight excluding hydrogens is 318 g/mol. The minimum Gasteiger partial charge on any atom is -0.503 e. The predicted molar refractivity (Wildman–Crippen MR) is 96.2 cm³/mol. The van der Waals surface area contributed by atoms with Gasteiger partial charge >= 0.3 is 0 Å². The Bertz CT molecular complexity index is 700. The largest absolute Gasteiger partial charge is 0.503 e. The van der Waals surface area contributed by atoms with Crippen molar-refractivity contribution in [3.63, 3.8) is 0 Å². The Hall–Kier alpha value is -2.14.